The van der Waals surface area contributed by atoms with E-state index in [1.165, 1.54) is 6.20 Å². The molecule has 0 aliphatic carbocycles. The van der Waals surface area contributed by atoms with E-state index < -0.39 is 29.3 Å². The second-order valence-electron chi connectivity index (χ2n) is 8.28. The van der Waals surface area contributed by atoms with Crippen molar-refractivity contribution in [2.75, 3.05) is 0 Å². The SMILES string of the molecule is CCC(CC(=O)O)n1c(=O)c2ncccc2n(C(C)c2c[nH]c3cc(C)cc(C)c23)c1=O. The number of hydrogen-bond donors (Lipinski definition) is 2. The smallest absolute Gasteiger partial charge is 0.332 e. The summed E-state index contributed by atoms with van der Waals surface area (Å²) in [4.78, 5) is 45.8. The number of nitrogens with zero attached hydrogens (tertiary/aromatic N) is 3. The van der Waals surface area contributed by atoms with Gasteiger partial charge in [0.1, 0.15) is 0 Å². The van der Waals surface area contributed by atoms with Gasteiger partial charge in [-0.3, -0.25) is 18.7 Å². The third kappa shape index (κ3) is 3.41. The molecule has 0 radical (unpaired) electrons. The van der Waals surface area contributed by atoms with E-state index in [-0.39, 0.29) is 11.9 Å². The molecular weight excluding hydrogens is 408 g/mol. The van der Waals surface area contributed by atoms with Gasteiger partial charge in [-0.1, -0.05) is 13.0 Å². The molecule has 0 aliphatic rings. The van der Waals surface area contributed by atoms with Gasteiger partial charge in [-0.15, -0.1) is 0 Å². The Morgan fingerprint density at radius 1 is 1.22 bits per heavy atom. The van der Waals surface area contributed by atoms with E-state index in [0.29, 0.717) is 11.9 Å². The number of aromatic nitrogens is 4. The minimum Gasteiger partial charge on any atom is -0.481 e. The minimum absolute atomic E-state index is 0.148. The molecule has 1 aromatic carbocycles. The van der Waals surface area contributed by atoms with Crippen LogP contribution >= 0.6 is 0 Å². The first-order valence-corrected chi connectivity index (χ1v) is 10.7. The third-order valence-corrected chi connectivity index (χ3v) is 6.12. The molecule has 3 aromatic heterocycles. The summed E-state index contributed by atoms with van der Waals surface area (Å²) in [6, 6.07) is 6.36. The highest BCUT2D eigenvalue weighted by molar-refractivity contribution is 5.88. The number of aliphatic carboxylic acids is 1. The number of aryl methyl sites for hydroxylation is 2. The molecular formula is C24H26N4O4. The lowest BCUT2D eigenvalue weighted by atomic mass is 10.0. The second kappa shape index (κ2) is 8.11. The van der Waals surface area contributed by atoms with E-state index >= 15 is 0 Å². The summed E-state index contributed by atoms with van der Waals surface area (Å²) in [7, 11) is 0. The number of carbonyl (C=O) groups is 1. The molecule has 0 aliphatic heterocycles. The number of rotatable bonds is 6. The first kappa shape index (κ1) is 21.5. The number of carboxylic acids is 1. The molecule has 32 heavy (non-hydrogen) atoms. The van der Waals surface area contributed by atoms with Crippen LogP contribution in [0, 0.1) is 13.8 Å². The fourth-order valence-electron chi connectivity index (χ4n) is 4.65. The van der Waals surface area contributed by atoms with Gasteiger partial charge in [-0.2, -0.15) is 0 Å². The molecule has 8 nitrogen and oxygen atoms in total. The van der Waals surface area contributed by atoms with Crippen LogP contribution < -0.4 is 11.2 Å². The van der Waals surface area contributed by atoms with Crippen molar-refractivity contribution in [1.82, 2.24) is 19.1 Å². The molecule has 0 fully saturated rings. The van der Waals surface area contributed by atoms with E-state index in [9.17, 15) is 19.5 Å². The highest BCUT2D eigenvalue weighted by atomic mass is 16.4. The monoisotopic (exact) mass is 434 g/mol. The molecule has 2 unspecified atom stereocenters. The predicted octanol–water partition coefficient (Wildman–Crippen LogP) is 3.69. The number of pyridine rings is 1. The summed E-state index contributed by atoms with van der Waals surface area (Å²) in [5, 5.41) is 10.4. The molecule has 2 atom stereocenters. The van der Waals surface area contributed by atoms with Gasteiger partial charge in [-0.05, 0) is 56.5 Å². The van der Waals surface area contributed by atoms with Gasteiger partial charge in [0, 0.05) is 28.9 Å². The number of aromatic amines is 1. The Morgan fingerprint density at radius 2 is 1.97 bits per heavy atom. The molecule has 0 bridgehead atoms. The zero-order valence-corrected chi connectivity index (χ0v) is 18.5. The van der Waals surface area contributed by atoms with Crippen LogP contribution in [0.25, 0.3) is 21.9 Å². The molecule has 0 spiro atoms. The van der Waals surface area contributed by atoms with Gasteiger partial charge in [-0.25, -0.2) is 9.78 Å². The van der Waals surface area contributed by atoms with Gasteiger partial charge in [0.2, 0.25) is 0 Å². The Hall–Kier alpha value is -3.68. The van der Waals surface area contributed by atoms with Crippen LogP contribution in [0.3, 0.4) is 0 Å². The van der Waals surface area contributed by atoms with E-state index in [2.05, 4.69) is 22.1 Å². The van der Waals surface area contributed by atoms with E-state index in [4.69, 9.17) is 0 Å². The Kier molecular flexibility index (Phi) is 5.46. The van der Waals surface area contributed by atoms with Crippen LogP contribution in [-0.2, 0) is 4.79 Å². The Morgan fingerprint density at radius 3 is 2.66 bits per heavy atom. The van der Waals surface area contributed by atoms with Gasteiger partial charge < -0.3 is 10.1 Å². The van der Waals surface area contributed by atoms with Crippen LogP contribution in [0.1, 0.15) is 55.5 Å². The Balaban J connectivity index is 2.04. The third-order valence-electron chi connectivity index (χ3n) is 6.12. The van der Waals surface area contributed by atoms with Crippen molar-refractivity contribution < 1.29 is 9.90 Å². The van der Waals surface area contributed by atoms with Gasteiger partial charge in [0.15, 0.2) is 5.52 Å². The average Bonchev–Trinajstić information content (AvgIpc) is 3.17. The van der Waals surface area contributed by atoms with E-state index in [1.54, 1.807) is 23.6 Å². The van der Waals surface area contributed by atoms with Crippen LogP contribution in [0.15, 0.2) is 46.2 Å². The number of fused-ring (bicyclic) bond motifs is 2. The first-order valence-electron chi connectivity index (χ1n) is 10.7. The summed E-state index contributed by atoms with van der Waals surface area (Å²) in [5.74, 6) is -1.06. The summed E-state index contributed by atoms with van der Waals surface area (Å²) < 4.78 is 2.61. The van der Waals surface area contributed by atoms with Crippen molar-refractivity contribution in [2.45, 2.75) is 52.6 Å². The lowest BCUT2D eigenvalue weighted by Crippen LogP contribution is -2.44. The first-order chi connectivity index (χ1) is 15.2. The van der Waals surface area contributed by atoms with Gasteiger partial charge >= 0.3 is 11.7 Å². The minimum atomic E-state index is -1.06. The predicted molar refractivity (Wildman–Crippen MR) is 123 cm³/mol. The number of benzene rings is 1. The molecule has 2 N–H and O–H groups in total. The largest absolute Gasteiger partial charge is 0.481 e. The fraction of sp³-hybridized carbons (Fsp3) is 0.333. The number of nitrogens with one attached hydrogen (secondary N) is 1. The fourth-order valence-corrected chi connectivity index (χ4v) is 4.65. The van der Waals surface area contributed by atoms with Gasteiger partial charge in [0.25, 0.3) is 5.56 Å². The molecule has 0 amide bonds. The number of carboxylic acid groups (broad SMARTS) is 1. The maximum atomic E-state index is 13.7. The van der Waals surface area contributed by atoms with Crippen molar-refractivity contribution >= 4 is 27.9 Å². The standard InChI is InChI=1S/C24H26N4O4/c1-5-16(11-20(29)30)28-23(31)22-19(7-6-8-25-22)27(24(28)32)15(4)17-12-26-18-10-13(2)9-14(3)21(17)18/h6-10,12,15-16,26H,5,11H2,1-4H3,(H,29,30). The van der Waals surface area contributed by atoms with Crippen molar-refractivity contribution in [3.8, 4) is 0 Å². The summed E-state index contributed by atoms with van der Waals surface area (Å²) in [6.45, 7) is 7.73. The topological polar surface area (TPSA) is 110 Å². The quantitative estimate of drug-likeness (QED) is 0.481. The van der Waals surface area contributed by atoms with Crippen molar-refractivity contribution in [1.29, 1.82) is 0 Å². The zero-order chi connectivity index (χ0) is 23.2. The van der Waals surface area contributed by atoms with Gasteiger partial charge in [0.05, 0.1) is 24.0 Å². The normalized spacial score (nSPS) is 13.5. The van der Waals surface area contributed by atoms with Crippen molar-refractivity contribution in [3.05, 3.63) is 74.2 Å². The Labute approximate surface area is 184 Å². The van der Waals surface area contributed by atoms with E-state index in [1.807, 2.05) is 27.0 Å². The van der Waals surface area contributed by atoms with Crippen molar-refractivity contribution in [2.24, 2.45) is 0 Å². The highest BCUT2D eigenvalue weighted by Gasteiger charge is 2.25. The van der Waals surface area contributed by atoms with Crippen molar-refractivity contribution in [3.63, 3.8) is 0 Å². The Bertz CT molecular complexity index is 1460. The van der Waals surface area contributed by atoms with E-state index in [0.717, 1.165) is 32.2 Å². The molecule has 4 rings (SSSR count). The summed E-state index contributed by atoms with van der Waals surface area (Å²) in [5.41, 5.74) is 3.60. The lowest BCUT2D eigenvalue weighted by molar-refractivity contribution is -0.138. The molecule has 0 saturated carbocycles. The molecule has 4 aromatic rings. The number of hydrogen-bond acceptors (Lipinski definition) is 4. The lowest BCUT2D eigenvalue weighted by Gasteiger charge is -2.22. The second-order valence-corrected chi connectivity index (χ2v) is 8.28. The highest BCUT2D eigenvalue weighted by Crippen LogP contribution is 2.31. The molecule has 3 heterocycles. The molecule has 8 heteroatoms. The molecule has 166 valence electrons. The maximum absolute atomic E-state index is 13.7. The van der Waals surface area contributed by atoms with Crippen LogP contribution in [0.5, 0.6) is 0 Å². The summed E-state index contributed by atoms with van der Waals surface area (Å²) >= 11 is 0. The zero-order valence-electron chi connectivity index (χ0n) is 18.5. The van der Waals surface area contributed by atoms with Crippen LogP contribution in [-0.4, -0.2) is 30.2 Å². The number of H-pyrrole nitrogens is 1. The molecule has 0 saturated heterocycles. The summed E-state index contributed by atoms with van der Waals surface area (Å²) in [6.07, 6.45) is 3.41. The van der Waals surface area contributed by atoms with Crippen LogP contribution in [0.4, 0.5) is 0 Å². The maximum Gasteiger partial charge on any atom is 0.332 e. The van der Waals surface area contributed by atoms with Crippen LogP contribution in [0.2, 0.25) is 0 Å². The average molecular weight is 434 g/mol.